The van der Waals surface area contributed by atoms with Gasteiger partial charge in [0.05, 0.1) is 37.9 Å². The molecule has 3 saturated carbocycles. The van der Waals surface area contributed by atoms with E-state index in [1.807, 2.05) is 0 Å². The Labute approximate surface area is 343 Å². The molecule has 0 radical (unpaired) electrons. The molecule has 12 atom stereocenters. The number of nitrogens with two attached hydrogens (primary N) is 1. The second-order valence-corrected chi connectivity index (χ2v) is 22.5. The maximum Gasteiger partial charge on any atom is 0.307 e. The Bertz CT molecular complexity index is 1840. The summed E-state index contributed by atoms with van der Waals surface area (Å²) in [6.45, 7) is 27.6. The summed E-state index contributed by atoms with van der Waals surface area (Å²) in [7, 11) is 4.18. The van der Waals surface area contributed by atoms with Crippen LogP contribution in [-0.2, 0) is 20.8 Å². The number of rotatable bonds is 10. The van der Waals surface area contributed by atoms with Gasteiger partial charge in [0.1, 0.15) is 6.33 Å². The Hall–Kier alpha value is -2.59. The summed E-state index contributed by atoms with van der Waals surface area (Å²) in [5, 5.41) is 16.3. The Morgan fingerprint density at radius 3 is 2.33 bits per heavy atom. The largest absolute Gasteiger partial charge is 0.481 e. The van der Waals surface area contributed by atoms with Crippen LogP contribution in [0.2, 0.25) is 0 Å². The first-order chi connectivity index (χ1) is 26.5. The van der Waals surface area contributed by atoms with Gasteiger partial charge < -0.3 is 25.2 Å². The predicted octanol–water partition coefficient (Wildman–Crippen LogP) is 9.29. The molecule has 1 aromatic carbocycles. The van der Waals surface area contributed by atoms with Gasteiger partial charge in [-0.25, -0.2) is 9.67 Å². The molecule has 3 N–H and O–H groups in total. The lowest BCUT2D eigenvalue weighted by atomic mass is 9.34. The van der Waals surface area contributed by atoms with Gasteiger partial charge in [-0.05, 0) is 110 Å². The fourth-order valence-corrected chi connectivity index (χ4v) is 13.4. The molecule has 0 amide bonds. The average Bonchev–Trinajstić information content (AvgIpc) is 3.60. The van der Waals surface area contributed by atoms with Crippen LogP contribution in [0.5, 0.6) is 0 Å². The maximum absolute atomic E-state index is 13.6. The highest BCUT2D eigenvalue weighted by Crippen LogP contribution is 2.75. The van der Waals surface area contributed by atoms with Crippen LogP contribution in [-0.4, -0.2) is 76.3 Å². The van der Waals surface area contributed by atoms with Crippen molar-refractivity contribution in [3.05, 3.63) is 47.8 Å². The summed E-state index contributed by atoms with van der Waals surface area (Å²) in [4.78, 5) is 20.8. The summed E-state index contributed by atoms with van der Waals surface area (Å²) < 4.78 is 16.3. The van der Waals surface area contributed by atoms with Crippen molar-refractivity contribution in [2.24, 2.45) is 67.8 Å². The third kappa shape index (κ3) is 6.41. The van der Waals surface area contributed by atoms with Crippen LogP contribution in [0.1, 0.15) is 126 Å². The van der Waals surface area contributed by atoms with Gasteiger partial charge in [-0.2, -0.15) is 5.10 Å². The van der Waals surface area contributed by atoms with E-state index in [-0.39, 0.29) is 50.6 Å². The van der Waals surface area contributed by atoms with Gasteiger partial charge in [-0.15, -0.1) is 0 Å². The van der Waals surface area contributed by atoms with E-state index in [4.69, 9.17) is 25.3 Å². The smallest absolute Gasteiger partial charge is 0.307 e. The lowest BCUT2D eigenvalue weighted by molar-refractivity contribution is -0.253. The molecule has 2 aromatic rings. The summed E-state index contributed by atoms with van der Waals surface area (Å²) in [5.41, 5.74) is 8.80. The van der Waals surface area contributed by atoms with Crippen molar-refractivity contribution in [1.82, 2.24) is 19.7 Å². The monoisotopic (exact) mass is 786 g/mol. The van der Waals surface area contributed by atoms with E-state index in [0.29, 0.717) is 37.6 Å². The molecule has 4 aliphatic carbocycles. The Morgan fingerprint density at radius 2 is 1.72 bits per heavy atom. The van der Waals surface area contributed by atoms with E-state index in [0.717, 1.165) is 56.5 Å². The van der Waals surface area contributed by atoms with Crippen LogP contribution >= 0.6 is 0 Å². The zero-order valence-electron chi connectivity index (χ0n) is 37.6. The quantitative estimate of drug-likeness (QED) is 0.229. The van der Waals surface area contributed by atoms with Crippen LogP contribution in [0.25, 0.3) is 11.4 Å². The number of allylic oxidation sites excluding steroid dienone is 1. The fraction of sp³-hybridized carbons (Fsp3) is 0.771. The molecule has 5 aliphatic rings. The SMILES string of the molecule is CC(C)[C@@H](C)[C@@]1(C)CC[C@]2(C)[C@H]3CC[C@@H]4[C@@]5(COC[C@@]4(C)[C@@H](OC[C@](C)(N)C(C)(C)C)[C@H](n4ncnc4-c4ccc(CN(C)C)cc4)C5)C3=CC[C@@]2(C)[C@@H]1C(=O)O. The van der Waals surface area contributed by atoms with Gasteiger partial charge in [0.15, 0.2) is 5.82 Å². The molecule has 2 bridgehead atoms. The fourth-order valence-electron chi connectivity index (χ4n) is 13.4. The van der Waals surface area contributed by atoms with Gasteiger partial charge in [-0.3, -0.25) is 4.79 Å². The second-order valence-electron chi connectivity index (χ2n) is 22.5. The minimum Gasteiger partial charge on any atom is -0.481 e. The van der Waals surface area contributed by atoms with Gasteiger partial charge in [0.25, 0.3) is 0 Å². The predicted molar refractivity (Wildman–Crippen MR) is 227 cm³/mol. The van der Waals surface area contributed by atoms with Crippen molar-refractivity contribution in [2.45, 2.75) is 139 Å². The summed E-state index contributed by atoms with van der Waals surface area (Å²) in [6.07, 6.45) is 9.73. The van der Waals surface area contributed by atoms with Gasteiger partial charge in [0, 0.05) is 28.5 Å². The molecule has 316 valence electrons. The van der Waals surface area contributed by atoms with Crippen LogP contribution in [0.3, 0.4) is 0 Å². The first kappa shape index (κ1) is 42.5. The average molecular weight is 786 g/mol. The molecule has 9 nitrogen and oxygen atoms in total. The first-order valence-corrected chi connectivity index (χ1v) is 22.0. The van der Waals surface area contributed by atoms with E-state index in [1.54, 1.807) is 6.33 Å². The molecule has 0 spiro atoms. The molecule has 2 heterocycles. The molecule has 57 heavy (non-hydrogen) atoms. The standard InChI is InChI=1S/C48H75N5O4/c1-30(2)31(3)43(7)22-23-45(9)34-18-19-37-44(8)26-56-28-48(37,35(34)20-21-46(45,10)38(43)41(54)55)24-36(39(44)57-27-47(11,49)42(4,5)6)53-40(50-29-51-53)33-16-14-32(15-17-33)25-52(12)13/h14-17,20,29-31,34,36-39H,18-19,21-28,49H2,1-13H3,(H,54,55)/t31-,34+,36-,37+,38-,39+,43-,44-,45-,46+,47+,48+/m1/s1. The van der Waals surface area contributed by atoms with Crippen molar-refractivity contribution < 1.29 is 19.4 Å². The topological polar surface area (TPSA) is 116 Å². The van der Waals surface area contributed by atoms with Crippen molar-refractivity contribution >= 4 is 5.97 Å². The van der Waals surface area contributed by atoms with Crippen molar-refractivity contribution in [2.75, 3.05) is 33.9 Å². The molecular formula is C48H75N5O4. The Kier molecular flexibility index (Phi) is 10.6. The molecular weight excluding hydrogens is 711 g/mol. The third-order valence-corrected chi connectivity index (χ3v) is 18.0. The summed E-state index contributed by atoms with van der Waals surface area (Å²) in [5.74, 6) is 1.16. The summed E-state index contributed by atoms with van der Waals surface area (Å²) >= 11 is 0. The Morgan fingerprint density at radius 1 is 1.04 bits per heavy atom. The number of carbonyl (C=O) groups is 1. The van der Waals surface area contributed by atoms with Crippen molar-refractivity contribution in [3.63, 3.8) is 0 Å². The van der Waals surface area contributed by atoms with Crippen molar-refractivity contribution in [1.29, 1.82) is 0 Å². The molecule has 4 fully saturated rings. The number of hydrogen-bond donors (Lipinski definition) is 2. The second kappa shape index (κ2) is 14.3. The molecule has 9 heteroatoms. The van der Waals surface area contributed by atoms with Gasteiger partial charge in [-0.1, -0.05) is 105 Å². The normalized spacial score (nSPS) is 39.4. The van der Waals surface area contributed by atoms with E-state index in [1.165, 1.54) is 11.1 Å². The molecule has 1 aliphatic heterocycles. The number of aromatic nitrogens is 3. The van der Waals surface area contributed by atoms with Crippen molar-refractivity contribution in [3.8, 4) is 11.4 Å². The zero-order chi connectivity index (χ0) is 41.7. The number of aliphatic carboxylic acids is 1. The first-order valence-electron chi connectivity index (χ1n) is 22.0. The van der Waals surface area contributed by atoms with E-state index >= 15 is 0 Å². The highest BCUT2D eigenvalue weighted by atomic mass is 16.5. The van der Waals surface area contributed by atoms with E-state index in [9.17, 15) is 9.90 Å². The molecule has 1 saturated heterocycles. The van der Waals surface area contributed by atoms with Crippen LogP contribution in [0.4, 0.5) is 0 Å². The van der Waals surface area contributed by atoms with E-state index in [2.05, 4.69) is 130 Å². The minimum atomic E-state index is -0.621. The van der Waals surface area contributed by atoms with E-state index < -0.39 is 17.4 Å². The lowest BCUT2D eigenvalue weighted by Gasteiger charge is -2.71. The summed E-state index contributed by atoms with van der Waals surface area (Å²) in [6, 6.07) is 8.64. The number of carboxylic acids is 1. The highest BCUT2D eigenvalue weighted by Gasteiger charge is 2.72. The van der Waals surface area contributed by atoms with Crippen LogP contribution < -0.4 is 5.73 Å². The number of benzene rings is 1. The van der Waals surface area contributed by atoms with Crippen LogP contribution in [0.15, 0.2) is 42.2 Å². The Balaban J connectivity index is 1.34. The number of ether oxygens (including phenoxy) is 2. The molecule has 7 rings (SSSR count). The minimum absolute atomic E-state index is 0.112. The third-order valence-electron chi connectivity index (χ3n) is 18.0. The molecule has 0 unspecified atom stereocenters. The van der Waals surface area contributed by atoms with Crippen LogP contribution in [0, 0.1) is 62.1 Å². The maximum atomic E-state index is 13.6. The number of hydrogen-bond acceptors (Lipinski definition) is 7. The number of fused-ring (bicyclic) bond motifs is 3. The van der Waals surface area contributed by atoms with Gasteiger partial charge >= 0.3 is 5.97 Å². The lowest BCUT2D eigenvalue weighted by Crippen LogP contribution is -2.69. The number of nitrogens with zero attached hydrogens (tertiary/aromatic N) is 4. The number of carboxylic acid groups (broad SMARTS) is 1. The highest BCUT2D eigenvalue weighted by molar-refractivity contribution is 5.73. The molecule has 1 aromatic heterocycles. The zero-order valence-corrected chi connectivity index (χ0v) is 37.6. The van der Waals surface area contributed by atoms with Gasteiger partial charge in [0.2, 0.25) is 0 Å².